The van der Waals surface area contributed by atoms with E-state index in [9.17, 15) is 4.79 Å². The molecule has 0 saturated carbocycles. The number of para-hydroxylation sites is 1. The number of nitrogens with zero attached hydrogens (tertiary/aromatic N) is 1. The molecule has 2 aromatic rings. The third-order valence-corrected chi connectivity index (χ3v) is 3.22. The lowest BCUT2D eigenvalue weighted by Gasteiger charge is -2.13. The maximum absolute atomic E-state index is 11.2. The van der Waals surface area contributed by atoms with E-state index in [1.807, 2.05) is 31.2 Å². The molecule has 110 valence electrons. The normalized spacial score (nSPS) is 10.7. The number of ether oxygens (including phenoxy) is 1. The molecule has 0 radical (unpaired) electrons. The number of carboxylic acid groups (broad SMARTS) is 1. The van der Waals surface area contributed by atoms with E-state index in [2.05, 4.69) is 18.8 Å². The Balaban J connectivity index is 2.40. The van der Waals surface area contributed by atoms with Crippen LogP contribution in [0.25, 0.3) is 0 Å². The fraction of sp³-hybridized carbons (Fsp3) is 0.294. The summed E-state index contributed by atoms with van der Waals surface area (Å²) < 4.78 is 5.83. The number of aromatic carboxylic acids is 1. The summed E-state index contributed by atoms with van der Waals surface area (Å²) in [4.78, 5) is 15.5. The summed E-state index contributed by atoms with van der Waals surface area (Å²) in [5, 5.41) is 9.15. The molecule has 0 saturated heterocycles. The largest absolute Gasteiger partial charge is 0.478 e. The molecule has 2 rings (SSSR count). The van der Waals surface area contributed by atoms with Gasteiger partial charge in [-0.2, -0.15) is 0 Å². The molecule has 1 N–H and O–H groups in total. The van der Waals surface area contributed by atoms with E-state index in [-0.39, 0.29) is 5.56 Å². The van der Waals surface area contributed by atoms with Gasteiger partial charge < -0.3 is 9.84 Å². The van der Waals surface area contributed by atoms with E-state index >= 15 is 0 Å². The van der Waals surface area contributed by atoms with Crippen molar-refractivity contribution in [3.05, 3.63) is 53.2 Å². The second-order valence-corrected chi connectivity index (χ2v) is 5.14. The number of aromatic nitrogens is 1. The van der Waals surface area contributed by atoms with Crippen LogP contribution < -0.4 is 4.74 Å². The van der Waals surface area contributed by atoms with E-state index < -0.39 is 5.97 Å². The second-order valence-electron chi connectivity index (χ2n) is 5.14. The van der Waals surface area contributed by atoms with Gasteiger partial charge in [0.25, 0.3) is 0 Å². The molecule has 1 aromatic heterocycles. The van der Waals surface area contributed by atoms with E-state index in [0.717, 1.165) is 5.56 Å². The number of aryl methyl sites for hydroxylation is 1. The molecule has 0 aliphatic carbocycles. The summed E-state index contributed by atoms with van der Waals surface area (Å²) >= 11 is 0. The molecule has 0 amide bonds. The van der Waals surface area contributed by atoms with Crippen molar-refractivity contribution in [3.8, 4) is 11.6 Å². The Hall–Kier alpha value is -2.36. The van der Waals surface area contributed by atoms with E-state index in [1.54, 1.807) is 6.07 Å². The molecule has 1 aromatic carbocycles. The summed E-state index contributed by atoms with van der Waals surface area (Å²) in [7, 11) is 0. The van der Waals surface area contributed by atoms with Gasteiger partial charge in [0.2, 0.25) is 5.88 Å². The van der Waals surface area contributed by atoms with Crippen LogP contribution >= 0.6 is 0 Å². The van der Waals surface area contributed by atoms with Gasteiger partial charge in [-0.05, 0) is 30.0 Å². The minimum absolute atomic E-state index is 0.193. The van der Waals surface area contributed by atoms with E-state index in [4.69, 9.17) is 9.84 Å². The van der Waals surface area contributed by atoms with Gasteiger partial charge in [-0.3, -0.25) is 0 Å². The first kappa shape index (κ1) is 15.0. The lowest BCUT2D eigenvalue weighted by molar-refractivity contribution is 0.0696. The first-order chi connectivity index (χ1) is 10.0. The molecule has 0 unspecified atom stereocenters. The average Bonchev–Trinajstić information content (AvgIpc) is 2.47. The third kappa shape index (κ3) is 3.60. The Morgan fingerprint density at radius 2 is 2.00 bits per heavy atom. The zero-order valence-corrected chi connectivity index (χ0v) is 12.5. The average molecular weight is 285 g/mol. The standard InChI is InChI=1S/C17H19NO3/c1-4-13-9-12(17(19)20)10-16(18-13)21-15-8-6-5-7-14(15)11(2)3/h5-11H,4H2,1-3H3,(H,19,20). The highest BCUT2D eigenvalue weighted by Gasteiger charge is 2.12. The number of carbonyl (C=O) groups is 1. The Morgan fingerprint density at radius 1 is 1.29 bits per heavy atom. The van der Waals surface area contributed by atoms with Gasteiger partial charge in [0, 0.05) is 11.8 Å². The number of rotatable bonds is 5. The highest BCUT2D eigenvalue weighted by Crippen LogP contribution is 2.30. The minimum atomic E-state index is -0.978. The first-order valence-corrected chi connectivity index (χ1v) is 7.02. The van der Waals surface area contributed by atoms with Crippen LogP contribution in [0.2, 0.25) is 0 Å². The summed E-state index contributed by atoms with van der Waals surface area (Å²) in [6, 6.07) is 10.8. The highest BCUT2D eigenvalue weighted by molar-refractivity contribution is 5.88. The smallest absolute Gasteiger partial charge is 0.335 e. The molecule has 0 aliphatic rings. The molecule has 0 bridgehead atoms. The Labute approximate surface area is 124 Å². The van der Waals surface area contributed by atoms with E-state index in [0.29, 0.717) is 29.7 Å². The van der Waals surface area contributed by atoms with Crippen LogP contribution in [0.3, 0.4) is 0 Å². The summed E-state index contributed by atoms with van der Waals surface area (Å²) in [6.07, 6.45) is 0.656. The van der Waals surface area contributed by atoms with Crippen molar-refractivity contribution in [1.29, 1.82) is 0 Å². The summed E-state index contributed by atoms with van der Waals surface area (Å²) in [5.74, 6) is 0.369. The van der Waals surface area contributed by atoms with Gasteiger partial charge in [0.05, 0.1) is 5.56 Å². The lowest BCUT2D eigenvalue weighted by atomic mass is 10.0. The number of benzene rings is 1. The van der Waals surface area contributed by atoms with Crippen molar-refractivity contribution in [2.24, 2.45) is 0 Å². The van der Waals surface area contributed by atoms with Crippen molar-refractivity contribution in [3.63, 3.8) is 0 Å². The van der Waals surface area contributed by atoms with Crippen LogP contribution in [-0.4, -0.2) is 16.1 Å². The number of hydrogen-bond donors (Lipinski definition) is 1. The topological polar surface area (TPSA) is 59.4 Å². The van der Waals surface area contributed by atoms with Crippen LogP contribution in [0.5, 0.6) is 11.6 Å². The van der Waals surface area contributed by atoms with Crippen LogP contribution in [0.1, 0.15) is 48.3 Å². The van der Waals surface area contributed by atoms with Gasteiger partial charge >= 0.3 is 5.97 Å². The quantitative estimate of drug-likeness (QED) is 0.891. The number of carboxylic acids is 1. The predicted octanol–water partition coefficient (Wildman–Crippen LogP) is 4.26. The maximum atomic E-state index is 11.2. The predicted molar refractivity (Wildman–Crippen MR) is 81.2 cm³/mol. The molecule has 4 heteroatoms. The zero-order valence-electron chi connectivity index (χ0n) is 12.5. The minimum Gasteiger partial charge on any atom is -0.478 e. The summed E-state index contributed by atoms with van der Waals surface area (Å²) in [5.41, 5.74) is 1.96. The monoisotopic (exact) mass is 285 g/mol. The van der Waals surface area contributed by atoms with Gasteiger partial charge in [-0.25, -0.2) is 9.78 Å². The zero-order chi connectivity index (χ0) is 15.4. The number of hydrogen-bond acceptors (Lipinski definition) is 3. The molecule has 0 fully saturated rings. The maximum Gasteiger partial charge on any atom is 0.335 e. The van der Waals surface area contributed by atoms with Crippen LogP contribution in [0.15, 0.2) is 36.4 Å². The molecule has 0 aliphatic heterocycles. The van der Waals surface area contributed by atoms with Crippen molar-refractivity contribution >= 4 is 5.97 Å². The van der Waals surface area contributed by atoms with Gasteiger partial charge in [-0.15, -0.1) is 0 Å². The van der Waals surface area contributed by atoms with Gasteiger partial charge in [-0.1, -0.05) is 39.0 Å². The molecule has 1 heterocycles. The van der Waals surface area contributed by atoms with Gasteiger partial charge in [0.1, 0.15) is 5.75 Å². The molecular formula is C17H19NO3. The van der Waals surface area contributed by atoms with Crippen molar-refractivity contribution in [2.45, 2.75) is 33.1 Å². The van der Waals surface area contributed by atoms with Crippen LogP contribution in [0.4, 0.5) is 0 Å². The van der Waals surface area contributed by atoms with Crippen molar-refractivity contribution < 1.29 is 14.6 Å². The van der Waals surface area contributed by atoms with Crippen LogP contribution in [0, 0.1) is 0 Å². The lowest BCUT2D eigenvalue weighted by Crippen LogP contribution is -2.02. The summed E-state index contributed by atoms with van der Waals surface area (Å²) in [6.45, 7) is 6.10. The number of pyridine rings is 1. The Kier molecular flexibility index (Phi) is 4.58. The van der Waals surface area contributed by atoms with Crippen molar-refractivity contribution in [2.75, 3.05) is 0 Å². The first-order valence-electron chi connectivity index (χ1n) is 7.02. The Morgan fingerprint density at radius 3 is 2.62 bits per heavy atom. The van der Waals surface area contributed by atoms with Gasteiger partial charge in [0.15, 0.2) is 0 Å². The van der Waals surface area contributed by atoms with Crippen LogP contribution in [-0.2, 0) is 6.42 Å². The molecule has 4 nitrogen and oxygen atoms in total. The SMILES string of the molecule is CCc1cc(C(=O)O)cc(Oc2ccccc2C(C)C)n1. The third-order valence-electron chi connectivity index (χ3n) is 3.22. The molecule has 0 atom stereocenters. The highest BCUT2D eigenvalue weighted by atomic mass is 16.5. The molecule has 21 heavy (non-hydrogen) atoms. The second kappa shape index (κ2) is 6.39. The fourth-order valence-corrected chi connectivity index (χ4v) is 2.08. The van der Waals surface area contributed by atoms with E-state index in [1.165, 1.54) is 6.07 Å². The molecular weight excluding hydrogens is 266 g/mol. The molecule has 0 spiro atoms. The Bertz CT molecular complexity index is 650. The van der Waals surface area contributed by atoms with Crippen molar-refractivity contribution in [1.82, 2.24) is 4.98 Å². The fourth-order valence-electron chi connectivity index (χ4n) is 2.08.